The average Bonchev–Trinajstić information content (AvgIpc) is 3.92. The molecule has 0 N–H and O–H groups in total. The van der Waals surface area contributed by atoms with E-state index < -0.39 is 0 Å². The molecule has 0 spiro atoms. The first-order chi connectivity index (χ1) is 27.8. The number of hydrogen-bond acceptors (Lipinski definition) is 3. The van der Waals surface area contributed by atoms with Gasteiger partial charge in [0.1, 0.15) is 22.3 Å². The van der Waals surface area contributed by atoms with Gasteiger partial charge in [-0.05, 0) is 89.1 Å². The summed E-state index contributed by atoms with van der Waals surface area (Å²) in [6, 6.07) is 69.0. The number of anilines is 3. The summed E-state index contributed by atoms with van der Waals surface area (Å²) < 4.78 is 15.4. The van der Waals surface area contributed by atoms with Crippen LogP contribution in [0.5, 0.6) is 0 Å². The van der Waals surface area contributed by atoms with Crippen LogP contribution in [0.3, 0.4) is 0 Å². The number of hydrogen-bond donors (Lipinski definition) is 0. The van der Waals surface area contributed by atoms with E-state index in [0.717, 1.165) is 77.7 Å². The number of nitrogens with zero attached hydrogens (tertiary/aromatic N) is 2. The van der Waals surface area contributed by atoms with Crippen molar-refractivity contribution in [3.8, 4) is 16.8 Å². The van der Waals surface area contributed by atoms with Crippen molar-refractivity contribution >= 4 is 93.5 Å². The van der Waals surface area contributed by atoms with Crippen LogP contribution < -0.4 is 4.90 Å². The van der Waals surface area contributed by atoms with Crippen LogP contribution >= 0.6 is 0 Å². The molecule has 0 bridgehead atoms. The third-order valence-corrected chi connectivity index (χ3v) is 11.3. The standard InChI is InChI=1S/C52H32N2O2/c1-2-14-36(15-3-1)53(39-28-29-41-40-16-7-10-20-46(40)55-48(41)31-39)37-24-26-38(27-25-37)54-44-19-9-6-17-42(44)51-45(54)32-49-52(43-18-8-11-21-47(43)56-49)50(51)35-23-22-33-12-4-5-13-34(33)30-35/h1-32H. The second-order valence-electron chi connectivity index (χ2n) is 14.5. The highest BCUT2D eigenvalue weighted by Crippen LogP contribution is 2.47. The molecule has 0 atom stereocenters. The maximum Gasteiger partial charge on any atom is 0.138 e. The van der Waals surface area contributed by atoms with Gasteiger partial charge in [-0.1, -0.05) is 109 Å². The molecule has 3 heterocycles. The summed E-state index contributed by atoms with van der Waals surface area (Å²) >= 11 is 0. The van der Waals surface area contributed by atoms with Crippen LogP contribution in [-0.2, 0) is 0 Å². The van der Waals surface area contributed by atoms with E-state index >= 15 is 0 Å². The predicted molar refractivity (Wildman–Crippen MR) is 233 cm³/mol. The minimum atomic E-state index is 0.866. The van der Waals surface area contributed by atoms with Crippen molar-refractivity contribution in [2.75, 3.05) is 4.90 Å². The second-order valence-corrected chi connectivity index (χ2v) is 14.5. The normalized spacial score (nSPS) is 11.9. The molecule has 12 aromatic rings. The minimum Gasteiger partial charge on any atom is -0.456 e. The molecule has 0 aliphatic heterocycles. The maximum absolute atomic E-state index is 6.67. The fraction of sp³-hybridized carbons (Fsp3) is 0. The number of rotatable bonds is 5. The maximum atomic E-state index is 6.67. The van der Waals surface area contributed by atoms with Crippen LogP contribution in [0.4, 0.5) is 17.1 Å². The first-order valence-corrected chi connectivity index (χ1v) is 19.0. The van der Waals surface area contributed by atoms with Gasteiger partial charge in [0.25, 0.3) is 0 Å². The zero-order chi connectivity index (χ0) is 36.7. The van der Waals surface area contributed by atoms with E-state index in [4.69, 9.17) is 8.83 Å². The fourth-order valence-corrected chi connectivity index (χ4v) is 8.87. The molecule has 4 nitrogen and oxygen atoms in total. The molecule has 0 aliphatic rings. The van der Waals surface area contributed by atoms with Gasteiger partial charge in [0.05, 0.1) is 11.0 Å². The van der Waals surface area contributed by atoms with Crippen LogP contribution in [-0.4, -0.2) is 4.57 Å². The Labute approximate surface area is 321 Å². The monoisotopic (exact) mass is 716 g/mol. The SMILES string of the molecule is c1ccc(N(c2ccc(-n3c4ccccc4c4c(-c5ccc6ccccc6c5)c5c(cc43)oc3ccccc35)cc2)c2ccc3c(c2)oc2ccccc23)cc1. The summed E-state index contributed by atoms with van der Waals surface area (Å²) in [7, 11) is 0. The van der Waals surface area contributed by atoms with Crippen molar-refractivity contribution in [1.29, 1.82) is 0 Å². The van der Waals surface area contributed by atoms with Gasteiger partial charge in [0.2, 0.25) is 0 Å². The van der Waals surface area contributed by atoms with Crippen LogP contribution in [0.1, 0.15) is 0 Å². The largest absolute Gasteiger partial charge is 0.456 e. The molecular formula is C52H32N2O2. The van der Waals surface area contributed by atoms with E-state index in [1.807, 2.05) is 18.2 Å². The molecule has 0 radical (unpaired) electrons. The van der Waals surface area contributed by atoms with E-state index in [-0.39, 0.29) is 0 Å². The Kier molecular flexibility index (Phi) is 6.60. The van der Waals surface area contributed by atoms with E-state index in [0.29, 0.717) is 0 Å². The van der Waals surface area contributed by atoms with Gasteiger partial charge in [-0.15, -0.1) is 0 Å². The van der Waals surface area contributed by atoms with Gasteiger partial charge in [-0.25, -0.2) is 0 Å². The molecule has 0 saturated heterocycles. The topological polar surface area (TPSA) is 34.5 Å². The average molecular weight is 717 g/mol. The summed E-state index contributed by atoms with van der Waals surface area (Å²) in [6.07, 6.45) is 0. The Morgan fingerprint density at radius 1 is 0.357 bits per heavy atom. The highest BCUT2D eigenvalue weighted by atomic mass is 16.3. The molecule has 56 heavy (non-hydrogen) atoms. The lowest BCUT2D eigenvalue weighted by atomic mass is 9.93. The number of aromatic nitrogens is 1. The smallest absolute Gasteiger partial charge is 0.138 e. The molecular weight excluding hydrogens is 685 g/mol. The third kappa shape index (κ3) is 4.60. The summed E-state index contributed by atoms with van der Waals surface area (Å²) in [5.74, 6) is 0. The molecule has 0 aliphatic carbocycles. The van der Waals surface area contributed by atoms with Crippen LogP contribution in [0, 0.1) is 0 Å². The van der Waals surface area contributed by atoms with Crippen molar-refractivity contribution in [3.63, 3.8) is 0 Å². The highest BCUT2D eigenvalue weighted by Gasteiger charge is 2.23. The Hall–Kier alpha value is -7.56. The zero-order valence-electron chi connectivity index (χ0n) is 30.2. The van der Waals surface area contributed by atoms with Crippen molar-refractivity contribution < 1.29 is 8.83 Å². The van der Waals surface area contributed by atoms with Gasteiger partial charge in [0.15, 0.2) is 0 Å². The van der Waals surface area contributed by atoms with Gasteiger partial charge in [0, 0.05) is 72.8 Å². The zero-order valence-corrected chi connectivity index (χ0v) is 30.2. The van der Waals surface area contributed by atoms with E-state index in [9.17, 15) is 0 Å². The summed E-state index contributed by atoms with van der Waals surface area (Å²) in [5, 5.41) is 9.35. The molecule has 4 heteroatoms. The predicted octanol–water partition coefficient (Wildman–Crippen LogP) is 14.9. The number of furan rings is 2. The first-order valence-electron chi connectivity index (χ1n) is 19.0. The highest BCUT2D eigenvalue weighted by molar-refractivity contribution is 6.27. The van der Waals surface area contributed by atoms with Gasteiger partial charge >= 0.3 is 0 Å². The number of fused-ring (bicyclic) bond motifs is 10. The summed E-state index contributed by atoms with van der Waals surface area (Å²) in [4.78, 5) is 2.29. The number of benzene rings is 9. The molecule has 3 aromatic heterocycles. The lowest BCUT2D eigenvalue weighted by molar-refractivity contribution is 0.668. The Morgan fingerprint density at radius 2 is 0.982 bits per heavy atom. The Bertz CT molecular complexity index is 3480. The van der Waals surface area contributed by atoms with Crippen molar-refractivity contribution in [2.45, 2.75) is 0 Å². The molecule has 0 unspecified atom stereocenters. The van der Waals surface area contributed by atoms with E-state index in [2.05, 4.69) is 185 Å². The third-order valence-electron chi connectivity index (χ3n) is 11.3. The van der Waals surface area contributed by atoms with Crippen LogP contribution in [0.2, 0.25) is 0 Å². The second kappa shape index (κ2) is 12.0. The van der Waals surface area contributed by atoms with E-state index in [1.54, 1.807) is 0 Å². The fourth-order valence-electron chi connectivity index (χ4n) is 8.87. The minimum absolute atomic E-state index is 0.866. The van der Waals surface area contributed by atoms with Gasteiger partial charge < -0.3 is 18.3 Å². The first kappa shape index (κ1) is 30.9. The quantitative estimate of drug-likeness (QED) is 0.178. The van der Waals surface area contributed by atoms with Crippen molar-refractivity contribution in [1.82, 2.24) is 4.57 Å². The van der Waals surface area contributed by atoms with Gasteiger partial charge in [-0.2, -0.15) is 0 Å². The Morgan fingerprint density at radius 3 is 1.82 bits per heavy atom. The van der Waals surface area contributed by atoms with Crippen molar-refractivity contribution in [3.05, 3.63) is 194 Å². The van der Waals surface area contributed by atoms with E-state index in [1.165, 1.54) is 32.7 Å². The molecule has 12 rings (SSSR count). The van der Waals surface area contributed by atoms with Crippen LogP contribution in [0.15, 0.2) is 203 Å². The molecule has 0 amide bonds. The van der Waals surface area contributed by atoms with Crippen LogP contribution in [0.25, 0.3) is 93.3 Å². The number of para-hydroxylation sites is 4. The summed E-state index contributed by atoms with van der Waals surface area (Å²) in [5.41, 5.74) is 12.3. The molecule has 262 valence electrons. The molecule has 0 saturated carbocycles. The molecule has 9 aromatic carbocycles. The Balaban J connectivity index is 1.08. The molecule has 0 fully saturated rings. The lowest BCUT2D eigenvalue weighted by Gasteiger charge is -2.25. The van der Waals surface area contributed by atoms with Gasteiger partial charge in [-0.3, -0.25) is 0 Å². The summed E-state index contributed by atoms with van der Waals surface area (Å²) in [6.45, 7) is 0. The lowest BCUT2D eigenvalue weighted by Crippen LogP contribution is -2.09. The van der Waals surface area contributed by atoms with Crippen molar-refractivity contribution in [2.24, 2.45) is 0 Å².